The minimum atomic E-state index is -0.678. The summed E-state index contributed by atoms with van der Waals surface area (Å²) < 4.78 is 5.30. The van der Waals surface area contributed by atoms with Crippen LogP contribution >= 0.6 is 24.0 Å². The van der Waals surface area contributed by atoms with E-state index in [0.29, 0.717) is 10.7 Å². The third-order valence-corrected chi connectivity index (χ3v) is 4.70. The number of rotatable bonds is 5. The van der Waals surface area contributed by atoms with Gasteiger partial charge in [0.15, 0.2) is 4.32 Å². The number of hydrogen-bond acceptors (Lipinski definition) is 7. The van der Waals surface area contributed by atoms with Crippen LogP contribution in [0, 0.1) is 10.1 Å². The van der Waals surface area contributed by atoms with Crippen LogP contribution in [-0.4, -0.2) is 26.1 Å². The summed E-state index contributed by atoms with van der Waals surface area (Å²) in [4.78, 5) is 35.3. The number of carbonyl (C=O) groups is 2. The zero-order valence-corrected chi connectivity index (χ0v) is 15.2. The van der Waals surface area contributed by atoms with Gasteiger partial charge in [0.1, 0.15) is 5.76 Å². The lowest BCUT2D eigenvalue weighted by atomic mass is 10.2. The second kappa shape index (κ2) is 7.98. The van der Waals surface area contributed by atoms with E-state index in [9.17, 15) is 19.7 Å². The number of nitro benzene ring substituents is 1. The van der Waals surface area contributed by atoms with Crippen LogP contribution < -0.4 is 5.43 Å². The van der Waals surface area contributed by atoms with E-state index in [-0.39, 0.29) is 15.6 Å². The highest BCUT2D eigenvalue weighted by molar-refractivity contribution is 8.26. The number of non-ortho nitro benzene ring substituents is 1. The van der Waals surface area contributed by atoms with Gasteiger partial charge in [0, 0.05) is 17.7 Å². The first-order valence-electron chi connectivity index (χ1n) is 7.49. The number of hydrogen-bond donors (Lipinski definition) is 1. The van der Waals surface area contributed by atoms with Crippen molar-refractivity contribution in [1.29, 1.82) is 0 Å². The first-order chi connectivity index (χ1) is 13.0. The fourth-order valence-electron chi connectivity index (χ4n) is 2.12. The number of nitrogens with one attached hydrogen (secondary N) is 1. The molecule has 0 unspecified atom stereocenters. The maximum atomic E-state index is 12.4. The first kappa shape index (κ1) is 18.5. The van der Waals surface area contributed by atoms with Crippen LogP contribution in [0.1, 0.15) is 16.1 Å². The molecule has 1 aliphatic rings. The Morgan fingerprint density at radius 3 is 2.85 bits per heavy atom. The number of carbonyl (C=O) groups excluding carboxylic acids is 2. The molecule has 1 N–H and O–H groups in total. The Kier molecular flexibility index (Phi) is 5.48. The van der Waals surface area contributed by atoms with Crippen LogP contribution in [0.25, 0.3) is 6.08 Å². The molecule has 0 atom stereocenters. The van der Waals surface area contributed by atoms with Gasteiger partial charge in [0.25, 0.3) is 17.5 Å². The molecule has 0 aliphatic carbocycles. The Morgan fingerprint density at radius 2 is 2.15 bits per heavy atom. The van der Waals surface area contributed by atoms with Gasteiger partial charge in [-0.2, -0.15) is 5.01 Å². The van der Waals surface area contributed by atoms with E-state index in [1.165, 1.54) is 24.5 Å². The van der Waals surface area contributed by atoms with E-state index >= 15 is 0 Å². The van der Waals surface area contributed by atoms with Crippen molar-refractivity contribution in [3.63, 3.8) is 0 Å². The van der Waals surface area contributed by atoms with E-state index < -0.39 is 16.7 Å². The number of thiocarbonyl (C=S) groups is 1. The maximum Gasteiger partial charge on any atom is 0.285 e. The summed E-state index contributed by atoms with van der Waals surface area (Å²) in [5.74, 6) is -0.545. The summed E-state index contributed by atoms with van der Waals surface area (Å²) in [6.45, 7) is 0. The second-order valence-electron chi connectivity index (χ2n) is 5.16. The highest BCUT2D eigenvalue weighted by Gasteiger charge is 2.33. The molecule has 2 amide bonds. The zero-order valence-electron chi connectivity index (χ0n) is 13.5. The highest BCUT2D eigenvalue weighted by atomic mass is 32.2. The van der Waals surface area contributed by atoms with E-state index in [2.05, 4.69) is 5.43 Å². The van der Waals surface area contributed by atoms with Crippen molar-refractivity contribution >= 4 is 51.9 Å². The Morgan fingerprint density at radius 1 is 1.33 bits per heavy atom. The third-order valence-electron chi connectivity index (χ3n) is 3.38. The number of nitrogens with zero attached hydrogens (tertiary/aromatic N) is 2. The quantitative estimate of drug-likeness (QED) is 0.355. The van der Waals surface area contributed by atoms with E-state index in [0.717, 1.165) is 22.8 Å². The predicted molar refractivity (Wildman–Crippen MR) is 103 cm³/mol. The van der Waals surface area contributed by atoms with Gasteiger partial charge < -0.3 is 4.42 Å². The van der Waals surface area contributed by atoms with Gasteiger partial charge in [0.05, 0.1) is 16.1 Å². The van der Waals surface area contributed by atoms with Gasteiger partial charge in [0.2, 0.25) is 0 Å². The number of allylic oxidation sites excluding steroid dienone is 2. The van der Waals surface area contributed by atoms with E-state index in [4.69, 9.17) is 16.6 Å². The lowest BCUT2D eigenvalue weighted by Gasteiger charge is -2.15. The molecule has 136 valence electrons. The molecule has 2 heterocycles. The highest BCUT2D eigenvalue weighted by Crippen LogP contribution is 2.30. The van der Waals surface area contributed by atoms with Crippen LogP contribution in [-0.2, 0) is 4.79 Å². The van der Waals surface area contributed by atoms with Crippen molar-refractivity contribution in [2.75, 3.05) is 0 Å². The fourth-order valence-corrected chi connectivity index (χ4v) is 3.25. The summed E-state index contributed by atoms with van der Waals surface area (Å²) in [6, 6.07) is 8.68. The molecular formula is C17H11N3O5S2. The molecule has 3 rings (SSSR count). The molecule has 0 saturated carbocycles. The summed E-state index contributed by atoms with van der Waals surface area (Å²) >= 11 is 6.15. The van der Waals surface area contributed by atoms with Gasteiger partial charge in [-0.05, 0) is 42.6 Å². The number of hydrazine groups is 1. The number of nitro groups is 1. The molecular weight excluding hydrogens is 390 g/mol. The number of thioether (sulfide) groups is 1. The summed E-state index contributed by atoms with van der Waals surface area (Å²) in [5.41, 5.74) is 2.19. The van der Waals surface area contributed by atoms with Gasteiger partial charge >= 0.3 is 0 Å². The molecule has 0 radical (unpaired) electrons. The number of furan rings is 1. The van der Waals surface area contributed by atoms with Gasteiger partial charge in [-0.1, -0.05) is 23.9 Å². The smallest absolute Gasteiger partial charge is 0.285 e. The monoisotopic (exact) mass is 401 g/mol. The maximum absolute atomic E-state index is 12.4. The van der Waals surface area contributed by atoms with Crippen molar-refractivity contribution < 1.29 is 18.9 Å². The van der Waals surface area contributed by atoms with Gasteiger partial charge in [-0.15, -0.1) is 0 Å². The predicted octanol–water partition coefficient (Wildman–Crippen LogP) is 3.29. The first-order valence-corrected chi connectivity index (χ1v) is 8.72. The third kappa shape index (κ3) is 4.30. The standard InChI is InChI=1S/C17H11N3O5S2/c21-15(11-4-1-5-12(10-11)20(23)24)18-19-16(22)14(27-17(19)26)8-2-6-13-7-3-9-25-13/h1-10H,(H,18,21)/b6-2+,14-8-. The lowest BCUT2D eigenvalue weighted by molar-refractivity contribution is -0.384. The summed E-state index contributed by atoms with van der Waals surface area (Å²) in [5, 5.41) is 11.8. The molecule has 1 saturated heterocycles. The normalized spacial score (nSPS) is 15.7. The molecule has 27 heavy (non-hydrogen) atoms. The lowest BCUT2D eigenvalue weighted by Crippen LogP contribution is -2.44. The van der Waals surface area contributed by atoms with Crippen LogP contribution in [0.2, 0.25) is 0 Å². The average molecular weight is 401 g/mol. The summed E-state index contributed by atoms with van der Waals surface area (Å²) in [7, 11) is 0. The molecule has 0 bridgehead atoms. The molecule has 0 spiro atoms. The molecule has 1 aromatic heterocycles. The Balaban J connectivity index is 1.71. The van der Waals surface area contributed by atoms with Crippen LogP contribution in [0.3, 0.4) is 0 Å². The molecule has 2 aromatic rings. The fraction of sp³-hybridized carbons (Fsp3) is 0. The van der Waals surface area contributed by atoms with Crippen LogP contribution in [0.4, 0.5) is 5.69 Å². The Hall–Kier alpha value is -3.24. The SMILES string of the molecule is O=C(NN1C(=O)/C(=C/C=C/c2ccco2)SC1=S)c1cccc([N+](=O)[O-])c1. The molecule has 1 fully saturated rings. The van der Waals surface area contributed by atoms with Crippen LogP contribution in [0.15, 0.2) is 64.1 Å². The minimum absolute atomic E-state index is 0.0416. The summed E-state index contributed by atoms with van der Waals surface area (Å²) in [6.07, 6.45) is 6.39. The number of benzene rings is 1. The molecule has 1 aliphatic heterocycles. The van der Waals surface area contributed by atoms with Crippen molar-refractivity contribution in [3.05, 3.63) is 81.2 Å². The zero-order chi connectivity index (χ0) is 19.4. The molecule has 10 heteroatoms. The van der Waals surface area contributed by atoms with Crippen molar-refractivity contribution in [1.82, 2.24) is 10.4 Å². The second-order valence-corrected chi connectivity index (χ2v) is 6.84. The average Bonchev–Trinajstić information content (AvgIpc) is 3.26. The Bertz CT molecular complexity index is 982. The van der Waals surface area contributed by atoms with Gasteiger partial charge in [-0.25, -0.2) is 0 Å². The van der Waals surface area contributed by atoms with Crippen molar-refractivity contribution in [2.24, 2.45) is 0 Å². The van der Waals surface area contributed by atoms with Crippen molar-refractivity contribution in [2.45, 2.75) is 0 Å². The largest absolute Gasteiger partial charge is 0.465 e. The number of amides is 2. The molecule has 8 nitrogen and oxygen atoms in total. The van der Waals surface area contributed by atoms with E-state index in [1.807, 2.05) is 0 Å². The van der Waals surface area contributed by atoms with Crippen LogP contribution in [0.5, 0.6) is 0 Å². The Labute approximate surface area is 162 Å². The molecule has 1 aromatic carbocycles. The van der Waals surface area contributed by atoms with Gasteiger partial charge in [-0.3, -0.25) is 25.1 Å². The topological polar surface area (TPSA) is 106 Å². The van der Waals surface area contributed by atoms with Crippen molar-refractivity contribution in [3.8, 4) is 0 Å². The minimum Gasteiger partial charge on any atom is -0.465 e. The van der Waals surface area contributed by atoms with E-state index in [1.54, 1.807) is 30.4 Å².